The van der Waals surface area contributed by atoms with Crippen molar-refractivity contribution in [1.82, 2.24) is 5.32 Å². The van der Waals surface area contributed by atoms with Crippen LogP contribution in [0.4, 0.5) is 4.79 Å². The minimum Gasteiger partial charge on any atom is -0.464 e. The predicted molar refractivity (Wildman–Crippen MR) is 97.2 cm³/mol. The van der Waals surface area contributed by atoms with Crippen LogP contribution in [-0.2, 0) is 14.3 Å². The average molecular weight is 354 g/mol. The van der Waals surface area contributed by atoms with E-state index in [2.05, 4.69) is 26.1 Å². The summed E-state index contributed by atoms with van der Waals surface area (Å²) >= 11 is 0. The molecule has 2 fully saturated rings. The Labute approximate surface area is 152 Å². The molecule has 0 aromatic heterocycles. The number of nitrogens with one attached hydrogen (secondary N) is 1. The Balaban J connectivity index is 1.99. The minimum absolute atomic E-state index is 0.0612. The fraction of sp³-hybridized carbons (Fsp3) is 0.900. The topological polar surface area (TPSA) is 64.6 Å². The first-order valence-corrected chi connectivity index (χ1v) is 10.0. The highest BCUT2D eigenvalue weighted by molar-refractivity contribution is 5.86. The summed E-state index contributed by atoms with van der Waals surface area (Å²) in [7, 11) is 0. The van der Waals surface area contributed by atoms with E-state index >= 15 is 0 Å². The Morgan fingerprint density at radius 2 is 1.88 bits per heavy atom. The van der Waals surface area contributed by atoms with E-state index in [4.69, 9.17) is 9.47 Å². The van der Waals surface area contributed by atoms with E-state index in [0.29, 0.717) is 37.2 Å². The van der Waals surface area contributed by atoms with Crippen molar-refractivity contribution in [2.75, 3.05) is 6.61 Å². The number of hydrogen-bond acceptors (Lipinski definition) is 4. The SMILES string of the molecule is CCCOC(=O)C1(NC(=O)OC2CC(C)CCC2C(C)C)CCCC1. The van der Waals surface area contributed by atoms with Gasteiger partial charge in [-0.25, -0.2) is 9.59 Å². The van der Waals surface area contributed by atoms with Crippen LogP contribution < -0.4 is 5.32 Å². The van der Waals surface area contributed by atoms with Gasteiger partial charge < -0.3 is 14.8 Å². The molecule has 1 amide bonds. The van der Waals surface area contributed by atoms with E-state index in [1.54, 1.807) is 0 Å². The zero-order chi connectivity index (χ0) is 18.4. The van der Waals surface area contributed by atoms with E-state index in [9.17, 15) is 9.59 Å². The van der Waals surface area contributed by atoms with E-state index in [-0.39, 0.29) is 12.1 Å². The van der Waals surface area contributed by atoms with Gasteiger partial charge in [-0.05, 0) is 49.9 Å². The minimum atomic E-state index is -0.889. The first kappa shape index (κ1) is 20.1. The molecule has 0 aliphatic heterocycles. The molecule has 0 bridgehead atoms. The number of alkyl carbamates (subject to hydrolysis) is 1. The smallest absolute Gasteiger partial charge is 0.408 e. The van der Waals surface area contributed by atoms with Crippen molar-refractivity contribution < 1.29 is 19.1 Å². The monoisotopic (exact) mass is 353 g/mol. The lowest BCUT2D eigenvalue weighted by atomic mass is 9.75. The summed E-state index contributed by atoms with van der Waals surface area (Å²) in [5.41, 5.74) is -0.889. The number of carbonyl (C=O) groups is 2. The molecule has 3 unspecified atom stereocenters. The Bertz CT molecular complexity index is 457. The number of esters is 1. The van der Waals surface area contributed by atoms with Crippen molar-refractivity contribution in [3.05, 3.63) is 0 Å². The standard InChI is InChI=1S/C20H35NO4/c1-5-12-24-18(22)20(10-6-7-11-20)21-19(23)25-17-13-15(4)8-9-16(17)14(2)3/h14-17H,5-13H2,1-4H3,(H,21,23). The van der Waals surface area contributed by atoms with E-state index in [1.165, 1.54) is 6.42 Å². The molecule has 0 radical (unpaired) electrons. The quantitative estimate of drug-likeness (QED) is 0.717. The van der Waals surface area contributed by atoms with Crippen LogP contribution in [0.1, 0.15) is 79.1 Å². The van der Waals surface area contributed by atoms with Gasteiger partial charge in [-0.1, -0.05) is 47.0 Å². The van der Waals surface area contributed by atoms with E-state index < -0.39 is 11.6 Å². The van der Waals surface area contributed by atoms with Gasteiger partial charge in [0.25, 0.3) is 0 Å². The largest absolute Gasteiger partial charge is 0.464 e. The molecule has 0 heterocycles. The molecule has 144 valence electrons. The highest BCUT2D eigenvalue weighted by atomic mass is 16.6. The molecule has 2 aliphatic carbocycles. The molecule has 2 aliphatic rings. The summed E-state index contributed by atoms with van der Waals surface area (Å²) in [6.07, 6.45) is 6.59. The number of ether oxygens (including phenoxy) is 2. The first-order valence-electron chi connectivity index (χ1n) is 10.0. The van der Waals surface area contributed by atoms with Crippen LogP contribution in [-0.4, -0.2) is 30.3 Å². The Kier molecular flexibility index (Phi) is 7.14. The molecule has 0 aromatic carbocycles. The van der Waals surface area contributed by atoms with Crippen LogP contribution in [0.5, 0.6) is 0 Å². The molecule has 2 saturated carbocycles. The van der Waals surface area contributed by atoms with Gasteiger partial charge in [-0.2, -0.15) is 0 Å². The maximum absolute atomic E-state index is 12.6. The lowest BCUT2D eigenvalue weighted by Crippen LogP contribution is -2.54. The molecular formula is C20H35NO4. The normalized spacial score (nSPS) is 28.6. The van der Waals surface area contributed by atoms with Crippen LogP contribution in [0.15, 0.2) is 0 Å². The van der Waals surface area contributed by atoms with E-state index in [0.717, 1.165) is 32.1 Å². The van der Waals surface area contributed by atoms with Crippen LogP contribution in [0.3, 0.4) is 0 Å². The molecule has 5 nitrogen and oxygen atoms in total. The van der Waals surface area contributed by atoms with Gasteiger partial charge in [0.2, 0.25) is 0 Å². The lowest BCUT2D eigenvalue weighted by molar-refractivity contribution is -0.151. The van der Waals surface area contributed by atoms with Crippen LogP contribution >= 0.6 is 0 Å². The fourth-order valence-electron chi connectivity index (χ4n) is 4.30. The summed E-state index contributed by atoms with van der Waals surface area (Å²) in [5.74, 6) is 1.15. The van der Waals surface area contributed by atoms with Crippen LogP contribution in [0.25, 0.3) is 0 Å². The van der Waals surface area contributed by atoms with Crippen molar-refractivity contribution in [2.24, 2.45) is 17.8 Å². The van der Waals surface area contributed by atoms with E-state index in [1.807, 2.05) is 6.92 Å². The number of amides is 1. The molecular weight excluding hydrogens is 318 g/mol. The molecule has 0 spiro atoms. The molecule has 1 N–H and O–H groups in total. The zero-order valence-electron chi connectivity index (χ0n) is 16.3. The average Bonchev–Trinajstić information content (AvgIpc) is 3.01. The zero-order valence-corrected chi connectivity index (χ0v) is 16.3. The molecule has 2 rings (SSSR count). The number of hydrogen-bond donors (Lipinski definition) is 1. The second-order valence-corrected chi connectivity index (χ2v) is 8.32. The van der Waals surface area contributed by atoms with Crippen molar-refractivity contribution in [3.63, 3.8) is 0 Å². The van der Waals surface area contributed by atoms with Gasteiger partial charge in [0.1, 0.15) is 11.6 Å². The van der Waals surface area contributed by atoms with Gasteiger partial charge >= 0.3 is 12.1 Å². The van der Waals surface area contributed by atoms with Crippen molar-refractivity contribution in [1.29, 1.82) is 0 Å². The fourth-order valence-corrected chi connectivity index (χ4v) is 4.30. The molecule has 0 aromatic rings. The highest BCUT2D eigenvalue weighted by Gasteiger charge is 2.45. The van der Waals surface area contributed by atoms with Gasteiger partial charge in [-0.15, -0.1) is 0 Å². The number of carbonyl (C=O) groups excluding carboxylic acids is 2. The van der Waals surface area contributed by atoms with Crippen molar-refractivity contribution in [3.8, 4) is 0 Å². The van der Waals surface area contributed by atoms with Crippen LogP contribution in [0, 0.1) is 17.8 Å². The van der Waals surface area contributed by atoms with Gasteiger partial charge in [0.15, 0.2) is 0 Å². The summed E-state index contributed by atoms with van der Waals surface area (Å²) < 4.78 is 11.2. The molecule has 0 saturated heterocycles. The third-order valence-electron chi connectivity index (χ3n) is 5.85. The summed E-state index contributed by atoms with van der Waals surface area (Å²) in [6.45, 7) is 8.95. The Morgan fingerprint density at radius 1 is 1.20 bits per heavy atom. The van der Waals surface area contributed by atoms with Crippen molar-refractivity contribution >= 4 is 12.1 Å². The lowest BCUT2D eigenvalue weighted by Gasteiger charge is -2.37. The van der Waals surface area contributed by atoms with Gasteiger partial charge in [-0.3, -0.25) is 0 Å². The molecule has 5 heteroatoms. The summed E-state index contributed by atoms with van der Waals surface area (Å²) in [6, 6.07) is 0. The van der Waals surface area contributed by atoms with Gasteiger partial charge in [0, 0.05) is 0 Å². The maximum atomic E-state index is 12.6. The predicted octanol–water partition coefficient (Wildman–Crippen LogP) is 4.44. The van der Waals surface area contributed by atoms with Gasteiger partial charge in [0.05, 0.1) is 6.61 Å². The first-order chi connectivity index (χ1) is 11.9. The molecule has 3 atom stereocenters. The maximum Gasteiger partial charge on any atom is 0.408 e. The second-order valence-electron chi connectivity index (χ2n) is 8.32. The third kappa shape index (κ3) is 5.11. The highest BCUT2D eigenvalue weighted by Crippen LogP contribution is 2.36. The van der Waals surface area contributed by atoms with Crippen molar-refractivity contribution in [2.45, 2.75) is 90.7 Å². The summed E-state index contributed by atoms with van der Waals surface area (Å²) in [5, 5.41) is 2.89. The second kappa shape index (κ2) is 8.91. The molecule has 25 heavy (non-hydrogen) atoms. The summed E-state index contributed by atoms with van der Waals surface area (Å²) in [4.78, 5) is 25.1. The third-order valence-corrected chi connectivity index (χ3v) is 5.85. The number of rotatable bonds is 6. The Hall–Kier alpha value is -1.26. The Morgan fingerprint density at radius 3 is 2.48 bits per heavy atom. The van der Waals surface area contributed by atoms with Crippen LogP contribution in [0.2, 0.25) is 0 Å².